The van der Waals surface area contributed by atoms with Crippen molar-refractivity contribution >= 4 is 17.2 Å². The van der Waals surface area contributed by atoms with Crippen LogP contribution in [0.3, 0.4) is 0 Å². The highest BCUT2D eigenvalue weighted by Gasteiger charge is 2.16. The fraction of sp³-hybridized carbons (Fsp3) is 0.167. The molecule has 0 saturated carbocycles. The Morgan fingerprint density at radius 2 is 2.00 bits per heavy atom. The summed E-state index contributed by atoms with van der Waals surface area (Å²) < 4.78 is 0. The number of nitrogens with zero attached hydrogens (tertiary/aromatic N) is 1. The highest BCUT2D eigenvalue weighted by molar-refractivity contribution is 7.14. The molecule has 1 heterocycles. The zero-order valence-electron chi connectivity index (χ0n) is 9.15. The summed E-state index contributed by atoms with van der Waals surface area (Å²) in [5.41, 5.74) is 8.11. The number of hydrogen-bond donors (Lipinski definition) is 1. The fourth-order valence-electron chi connectivity index (χ4n) is 1.62. The number of aromatic nitrogens is 1. The summed E-state index contributed by atoms with van der Waals surface area (Å²) in [5, 5.41) is 0.854. The second kappa shape index (κ2) is 4.06. The van der Waals surface area contributed by atoms with Crippen LogP contribution in [0.2, 0.25) is 0 Å². The first kappa shape index (κ1) is 10.8. The Hall–Kier alpha value is -1.68. The molecule has 3 nitrogen and oxygen atoms in total. The summed E-state index contributed by atoms with van der Waals surface area (Å²) in [4.78, 5) is 16.2. The number of carbonyl (C=O) groups excluding carboxylic acids is 1. The minimum absolute atomic E-state index is 0.413. The van der Waals surface area contributed by atoms with Crippen LogP contribution in [0.1, 0.15) is 20.2 Å². The van der Waals surface area contributed by atoms with E-state index in [9.17, 15) is 4.79 Å². The first-order valence-electron chi connectivity index (χ1n) is 4.93. The highest BCUT2D eigenvalue weighted by atomic mass is 32.1. The Morgan fingerprint density at radius 3 is 2.62 bits per heavy atom. The van der Waals surface area contributed by atoms with Gasteiger partial charge in [0.2, 0.25) is 0 Å². The van der Waals surface area contributed by atoms with Crippen molar-refractivity contribution in [2.75, 3.05) is 0 Å². The van der Waals surface area contributed by atoms with Crippen molar-refractivity contribution in [2.24, 2.45) is 5.73 Å². The van der Waals surface area contributed by atoms with Gasteiger partial charge in [0.25, 0.3) is 5.91 Å². The molecule has 0 aliphatic carbocycles. The van der Waals surface area contributed by atoms with E-state index >= 15 is 0 Å². The third kappa shape index (κ3) is 1.84. The van der Waals surface area contributed by atoms with Crippen LogP contribution < -0.4 is 5.73 Å². The maximum absolute atomic E-state index is 11.3. The van der Waals surface area contributed by atoms with Gasteiger partial charge in [-0.25, -0.2) is 4.98 Å². The Bertz CT molecular complexity index is 546. The number of aryl methyl sites for hydroxylation is 2. The van der Waals surface area contributed by atoms with E-state index in [2.05, 4.69) is 4.98 Å². The first-order chi connectivity index (χ1) is 7.59. The molecule has 4 heteroatoms. The zero-order chi connectivity index (χ0) is 11.7. The maximum atomic E-state index is 11.3. The lowest BCUT2D eigenvalue weighted by atomic mass is 10.1. The van der Waals surface area contributed by atoms with Crippen molar-refractivity contribution in [1.29, 1.82) is 0 Å². The van der Waals surface area contributed by atoms with E-state index in [1.165, 1.54) is 11.3 Å². The molecule has 0 bridgehead atoms. The molecule has 0 unspecified atom stereocenters. The average Bonchev–Trinajstić information content (AvgIpc) is 2.61. The minimum Gasteiger partial charge on any atom is -0.365 e. The third-order valence-electron chi connectivity index (χ3n) is 2.36. The molecule has 2 aromatic rings. The molecule has 1 amide bonds. The summed E-state index contributed by atoms with van der Waals surface area (Å²) in [7, 11) is 0. The summed E-state index contributed by atoms with van der Waals surface area (Å²) in [6.45, 7) is 3.87. The van der Waals surface area contributed by atoms with Crippen molar-refractivity contribution < 1.29 is 4.79 Å². The average molecular weight is 232 g/mol. The Kier molecular flexibility index (Phi) is 2.75. The lowest BCUT2D eigenvalue weighted by molar-refractivity contribution is 0.100. The maximum Gasteiger partial charge on any atom is 0.261 e. The summed E-state index contributed by atoms with van der Waals surface area (Å²) in [6.07, 6.45) is 0. The van der Waals surface area contributed by atoms with Crippen LogP contribution in [0, 0.1) is 13.8 Å². The van der Waals surface area contributed by atoms with Crippen LogP contribution in [-0.4, -0.2) is 10.9 Å². The van der Waals surface area contributed by atoms with Crippen LogP contribution in [0.25, 0.3) is 11.3 Å². The standard InChI is InChI=1S/C12H12N2OS/c1-7-5-3-4-6-9(7)10-11(12(13)15)16-8(2)14-10/h3-6H,1-2H3,(H2,13,15). The quantitative estimate of drug-likeness (QED) is 0.865. The molecule has 1 aromatic carbocycles. The molecule has 16 heavy (non-hydrogen) atoms. The fourth-order valence-corrected chi connectivity index (χ4v) is 2.40. The number of rotatable bonds is 2. The molecule has 0 spiro atoms. The van der Waals surface area contributed by atoms with Gasteiger partial charge >= 0.3 is 0 Å². The lowest BCUT2D eigenvalue weighted by Crippen LogP contribution is -2.10. The van der Waals surface area contributed by atoms with Gasteiger partial charge in [0, 0.05) is 5.56 Å². The van der Waals surface area contributed by atoms with Crippen molar-refractivity contribution in [2.45, 2.75) is 13.8 Å². The molecule has 2 rings (SSSR count). The third-order valence-corrected chi connectivity index (χ3v) is 3.34. The van der Waals surface area contributed by atoms with Crippen LogP contribution in [-0.2, 0) is 0 Å². The number of hydrogen-bond acceptors (Lipinski definition) is 3. The molecule has 82 valence electrons. The van der Waals surface area contributed by atoms with E-state index in [4.69, 9.17) is 5.73 Å². The van der Waals surface area contributed by atoms with Gasteiger partial charge in [-0.05, 0) is 19.4 Å². The van der Waals surface area contributed by atoms with E-state index < -0.39 is 5.91 Å². The number of benzene rings is 1. The Labute approximate surface area is 97.9 Å². The second-order valence-electron chi connectivity index (χ2n) is 3.59. The second-order valence-corrected chi connectivity index (χ2v) is 4.79. The number of thiazole rings is 1. The van der Waals surface area contributed by atoms with Gasteiger partial charge in [0.05, 0.1) is 10.7 Å². The molecule has 1 aromatic heterocycles. The van der Waals surface area contributed by atoms with Crippen LogP contribution in [0.5, 0.6) is 0 Å². The van der Waals surface area contributed by atoms with Crippen LogP contribution in [0.15, 0.2) is 24.3 Å². The molecular weight excluding hydrogens is 220 g/mol. The smallest absolute Gasteiger partial charge is 0.261 e. The van der Waals surface area contributed by atoms with Gasteiger partial charge in [-0.15, -0.1) is 11.3 Å². The topological polar surface area (TPSA) is 56.0 Å². The summed E-state index contributed by atoms with van der Waals surface area (Å²) >= 11 is 1.34. The van der Waals surface area contributed by atoms with E-state index in [1.54, 1.807) is 0 Å². The van der Waals surface area contributed by atoms with E-state index in [0.29, 0.717) is 10.6 Å². The molecule has 0 aliphatic heterocycles. The van der Waals surface area contributed by atoms with Gasteiger partial charge in [-0.2, -0.15) is 0 Å². The highest BCUT2D eigenvalue weighted by Crippen LogP contribution is 2.29. The van der Waals surface area contributed by atoms with Gasteiger partial charge in [-0.3, -0.25) is 4.79 Å². The van der Waals surface area contributed by atoms with Crippen molar-refractivity contribution in [1.82, 2.24) is 4.98 Å². The summed E-state index contributed by atoms with van der Waals surface area (Å²) in [5.74, 6) is -0.413. The number of amides is 1. The molecule has 0 radical (unpaired) electrons. The minimum atomic E-state index is -0.413. The monoisotopic (exact) mass is 232 g/mol. The normalized spacial score (nSPS) is 10.4. The van der Waals surface area contributed by atoms with Gasteiger partial charge in [0.15, 0.2) is 0 Å². The van der Waals surface area contributed by atoms with Gasteiger partial charge in [-0.1, -0.05) is 24.3 Å². The van der Waals surface area contributed by atoms with E-state index in [0.717, 1.165) is 16.1 Å². The molecule has 0 saturated heterocycles. The molecular formula is C12H12N2OS. The molecule has 2 N–H and O–H groups in total. The van der Waals surface area contributed by atoms with Crippen molar-refractivity contribution in [3.63, 3.8) is 0 Å². The van der Waals surface area contributed by atoms with Crippen molar-refractivity contribution in [3.05, 3.63) is 39.7 Å². The van der Waals surface area contributed by atoms with Gasteiger partial charge in [0.1, 0.15) is 4.88 Å². The largest absolute Gasteiger partial charge is 0.365 e. The van der Waals surface area contributed by atoms with E-state index in [1.807, 2.05) is 38.1 Å². The van der Waals surface area contributed by atoms with E-state index in [-0.39, 0.29) is 0 Å². The summed E-state index contributed by atoms with van der Waals surface area (Å²) in [6, 6.07) is 7.84. The Morgan fingerprint density at radius 1 is 1.31 bits per heavy atom. The predicted octanol–water partition coefficient (Wildman–Crippen LogP) is 2.53. The molecule has 0 aliphatic rings. The SMILES string of the molecule is Cc1nc(-c2ccccc2C)c(C(N)=O)s1. The number of nitrogens with two attached hydrogens (primary N) is 1. The molecule has 0 atom stereocenters. The van der Waals surface area contributed by atoms with Crippen molar-refractivity contribution in [3.8, 4) is 11.3 Å². The predicted molar refractivity (Wildman–Crippen MR) is 65.5 cm³/mol. The lowest BCUT2D eigenvalue weighted by Gasteiger charge is -2.03. The molecule has 0 fully saturated rings. The zero-order valence-corrected chi connectivity index (χ0v) is 9.97. The van der Waals surface area contributed by atoms with Crippen LogP contribution >= 0.6 is 11.3 Å². The first-order valence-corrected chi connectivity index (χ1v) is 5.74. The number of primary amides is 1. The van der Waals surface area contributed by atoms with Crippen LogP contribution in [0.4, 0.5) is 0 Å². The number of carbonyl (C=O) groups is 1. The Balaban J connectivity index is 2.64. The van der Waals surface area contributed by atoms with Gasteiger partial charge < -0.3 is 5.73 Å².